The number of nitrogens with one attached hydrogen (secondary N) is 1. The lowest BCUT2D eigenvalue weighted by atomic mass is 10.3. The Kier molecular flexibility index (Phi) is 6.69. The molecule has 0 fully saturated rings. The summed E-state index contributed by atoms with van der Waals surface area (Å²) < 4.78 is 0. The van der Waals surface area contributed by atoms with Crippen LogP contribution in [0.1, 0.15) is 39.5 Å². The van der Waals surface area contributed by atoms with Crippen molar-refractivity contribution in [2.45, 2.75) is 39.5 Å². The van der Waals surface area contributed by atoms with Crippen LogP contribution in [0.2, 0.25) is 0 Å². The molecule has 1 rings (SSSR count). The van der Waals surface area contributed by atoms with Gasteiger partial charge in [0, 0.05) is 20.1 Å². The van der Waals surface area contributed by atoms with Crippen molar-refractivity contribution in [1.29, 1.82) is 0 Å². The molecule has 0 saturated heterocycles. The van der Waals surface area contributed by atoms with Gasteiger partial charge < -0.3 is 10.2 Å². The third kappa shape index (κ3) is 4.32. The van der Waals surface area contributed by atoms with Gasteiger partial charge in [0.25, 0.3) is 0 Å². The highest BCUT2D eigenvalue weighted by Crippen LogP contribution is 2.31. The van der Waals surface area contributed by atoms with Gasteiger partial charge in [-0.3, -0.25) is 10.1 Å². The lowest BCUT2D eigenvalue weighted by Crippen LogP contribution is -2.22. The van der Waals surface area contributed by atoms with Crippen LogP contribution in [0.25, 0.3) is 0 Å². The van der Waals surface area contributed by atoms with E-state index in [1.54, 1.807) is 0 Å². The van der Waals surface area contributed by atoms with Gasteiger partial charge in [-0.2, -0.15) is 0 Å². The molecule has 0 radical (unpaired) electrons. The number of anilines is 2. The number of aromatic nitrogens is 2. The summed E-state index contributed by atoms with van der Waals surface area (Å²) in [4.78, 5) is 20.8. The van der Waals surface area contributed by atoms with Crippen LogP contribution in [0.15, 0.2) is 6.33 Å². The molecule has 0 atom stereocenters. The number of unbranched alkanes of at least 4 members (excludes halogenated alkanes) is 2. The van der Waals surface area contributed by atoms with Crippen molar-refractivity contribution in [3.63, 3.8) is 0 Å². The van der Waals surface area contributed by atoms with E-state index < -0.39 is 4.92 Å². The van der Waals surface area contributed by atoms with Crippen molar-refractivity contribution in [2.75, 3.05) is 30.4 Å². The molecule has 1 aromatic heterocycles. The summed E-state index contributed by atoms with van der Waals surface area (Å²) in [5, 5.41) is 14.3. The molecule has 0 bridgehead atoms. The van der Waals surface area contributed by atoms with Gasteiger partial charge in [0.05, 0.1) is 4.92 Å². The Labute approximate surface area is 119 Å². The van der Waals surface area contributed by atoms with Crippen molar-refractivity contribution in [3.8, 4) is 0 Å². The zero-order chi connectivity index (χ0) is 15.0. The van der Waals surface area contributed by atoms with E-state index in [-0.39, 0.29) is 5.69 Å². The van der Waals surface area contributed by atoms with Gasteiger partial charge >= 0.3 is 5.69 Å². The number of hydrogen-bond donors (Lipinski definition) is 1. The Bertz CT molecular complexity index is 439. The molecular weight excluding hydrogens is 258 g/mol. The average Bonchev–Trinajstić information content (AvgIpc) is 2.44. The number of hydrogen-bond acceptors (Lipinski definition) is 6. The fourth-order valence-corrected chi connectivity index (χ4v) is 1.83. The minimum atomic E-state index is -0.411. The predicted molar refractivity (Wildman–Crippen MR) is 80.3 cm³/mol. The summed E-state index contributed by atoms with van der Waals surface area (Å²) in [6.45, 7) is 5.56. The molecule has 0 amide bonds. The topological polar surface area (TPSA) is 84.2 Å². The zero-order valence-electron chi connectivity index (χ0n) is 12.4. The van der Waals surface area contributed by atoms with Crippen molar-refractivity contribution in [2.24, 2.45) is 0 Å². The van der Waals surface area contributed by atoms with E-state index in [1.807, 2.05) is 11.9 Å². The second kappa shape index (κ2) is 8.29. The molecule has 0 aliphatic heterocycles. The number of nitro groups is 1. The van der Waals surface area contributed by atoms with Crippen LogP contribution in [0, 0.1) is 10.1 Å². The Morgan fingerprint density at radius 3 is 2.60 bits per heavy atom. The quantitative estimate of drug-likeness (QED) is 0.425. The van der Waals surface area contributed by atoms with Gasteiger partial charge in [-0.05, 0) is 12.8 Å². The molecule has 0 aliphatic carbocycles. The van der Waals surface area contributed by atoms with Crippen molar-refractivity contribution in [1.82, 2.24) is 9.97 Å². The third-order valence-corrected chi connectivity index (χ3v) is 3.02. The van der Waals surface area contributed by atoms with Crippen LogP contribution in [0.3, 0.4) is 0 Å². The maximum absolute atomic E-state index is 11.3. The van der Waals surface area contributed by atoms with E-state index in [1.165, 1.54) is 6.33 Å². The van der Waals surface area contributed by atoms with E-state index >= 15 is 0 Å². The van der Waals surface area contributed by atoms with Crippen LogP contribution in [0.4, 0.5) is 17.3 Å². The Morgan fingerprint density at radius 1 is 1.30 bits per heavy atom. The summed E-state index contributed by atoms with van der Waals surface area (Å²) in [5.41, 5.74) is -0.0396. The van der Waals surface area contributed by atoms with Crippen molar-refractivity contribution >= 4 is 17.3 Å². The molecule has 1 N–H and O–H groups in total. The molecule has 1 heterocycles. The lowest BCUT2D eigenvalue weighted by molar-refractivity contribution is -0.383. The Hall–Kier alpha value is -1.92. The minimum absolute atomic E-state index is 0.0396. The first-order chi connectivity index (χ1) is 9.61. The largest absolute Gasteiger partial charge is 0.364 e. The van der Waals surface area contributed by atoms with Crippen LogP contribution >= 0.6 is 0 Å². The summed E-state index contributed by atoms with van der Waals surface area (Å²) >= 11 is 0. The van der Waals surface area contributed by atoms with E-state index in [0.29, 0.717) is 18.2 Å². The minimum Gasteiger partial charge on any atom is -0.364 e. The third-order valence-electron chi connectivity index (χ3n) is 3.02. The van der Waals surface area contributed by atoms with Gasteiger partial charge in [-0.25, -0.2) is 9.97 Å². The average molecular weight is 281 g/mol. The first-order valence-electron chi connectivity index (χ1n) is 7.06. The van der Waals surface area contributed by atoms with Crippen LogP contribution in [0.5, 0.6) is 0 Å². The van der Waals surface area contributed by atoms with E-state index in [9.17, 15) is 10.1 Å². The van der Waals surface area contributed by atoms with E-state index in [2.05, 4.69) is 29.1 Å². The summed E-state index contributed by atoms with van der Waals surface area (Å²) in [5.74, 6) is 0.675. The van der Waals surface area contributed by atoms with Gasteiger partial charge in [-0.1, -0.05) is 26.7 Å². The smallest absolute Gasteiger partial charge is 0.353 e. The molecule has 1 aromatic rings. The number of rotatable bonds is 9. The highest BCUT2D eigenvalue weighted by molar-refractivity contribution is 5.69. The molecule has 20 heavy (non-hydrogen) atoms. The molecular formula is C13H23N5O2. The van der Waals surface area contributed by atoms with Gasteiger partial charge in [0.2, 0.25) is 11.6 Å². The van der Waals surface area contributed by atoms with Gasteiger partial charge in [0.1, 0.15) is 6.33 Å². The highest BCUT2D eigenvalue weighted by atomic mass is 16.6. The van der Waals surface area contributed by atoms with E-state index in [0.717, 1.165) is 32.2 Å². The lowest BCUT2D eigenvalue weighted by Gasteiger charge is -2.18. The van der Waals surface area contributed by atoms with Crippen molar-refractivity contribution in [3.05, 3.63) is 16.4 Å². The molecule has 7 nitrogen and oxygen atoms in total. The molecule has 0 saturated carbocycles. The van der Waals surface area contributed by atoms with Crippen LogP contribution in [-0.2, 0) is 0 Å². The van der Waals surface area contributed by atoms with Crippen LogP contribution < -0.4 is 10.2 Å². The SMILES string of the molecule is CCCCNc1ncnc(N(C)CCCC)c1[N+](=O)[O-]. The first-order valence-corrected chi connectivity index (χ1v) is 7.06. The van der Waals surface area contributed by atoms with Gasteiger partial charge in [-0.15, -0.1) is 0 Å². The van der Waals surface area contributed by atoms with E-state index in [4.69, 9.17) is 0 Å². The number of nitrogens with zero attached hydrogens (tertiary/aromatic N) is 4. The molecule has 0 aliphatic rings. The Balaban J connectivity index is 2.98. The van der Waals surface area contributed by atoms with Crippen molar-refractivity contribution < 1.29 is 4.92 Å². The standard InChI is InChI=1S/C13H23N5O2/c1-4-6-8-14-12-11(18(19)20)13(16-10-15-12)17(3)9-7-5-2/h10H,4-9H2,1-3H3,(H,14,15,16). The zero-order valence-corrected chi connectivity index (χ0v) is 12.4. The van der Waals surface area contributed by atoms with Gasteiger partial charge in [0.15, 0.2) is 0 Å². The second-order valence-corrected chi connectivity index (χ2v) is 4.71. The first kappa shape index (κ1) is 16.1. The molecule has 0 spiro atoms. The molecule has 7 heteroatoms. The monoisotopic (exact) mass is 281 g/mol. The maximum Gasteiger partial charge on any atom is 0.353 e. The fraction of sp³-hybridized carbons (Fsp3) is 0.692. The second-order valence-electron chi connectivity index (χ2n) is 4.71. The summed E-state index contributed by atoms with van der Waals surface area (Å²) in [6, 6.07) is 0. The Morgan fingerprint density at radius 2 is 2.00 bits per heavy atom. The highest BCUT2D eigenvalue weighted by Gasteiger charge is 2.24. The summed E-state index contributed by atoms with van der Waals surface area (Å²) in [6.07, 6.45) is 5.34. The molecule has 0 unspecified atom stereocenters. The molecule has 0 aromatic carbocycles. The molecule has 112 valence electrons. The van der Waals surface area contributed by atoms with Crippen LogP contribution in [-0.4, -0.2) is 35.0 Å². The summed E-state index contributed by atoms with van der Waals surface area (Å²) in [7, 11) is 1.82. The predicted octanol–water partition coefficient (Wildman–Crippen LogP) is 2.83. The maximum atomic E-state index is 11.3. The fourth-order valence-electron chi connectivity index (χ4n) is 1.83. The normalized spacial score (nSPS) is 10.3.